The van der Waals surface area contributed by atoms with E-state index in [0.717, 1.165) is 11.3 Å². The lowest BCUT2D eigenvalue weighted by molar-refractivity contribution is -0.384. The third kappa shape index (κ3) is 5.80. The summed E-state index contributed by atoms with van der Waals surface area (Å²) in [6, 6.07) is 14.0. The van der Waals surface area contributed by atoms with E-state index in [1.54, 1.807) is 18.2 Å². The number of nitrogens with one attached hydrogen (secondary N) is 2. The highest BCUT2D eigenvalue weighted by Gasteiger charge is 2.11. The maximum atomic E-state index is 11.8. The van der Waals surface area contributed by atoms with Crippen LogP contribution in [0.2, 0.25) is 0 Å². The van der Waals surface area contributed by atoms with Gasteiger partial charge in [-0.15, -0.1) is 0 Å². The summed E-state index contributed by atoms with van der Waals surface area (Å²) >= 11 is 0. The van der Waals surface area contributed by atoms with Gasteiger partial charge >= 0.3 is 0 Å². The molecule has 0 heterocycles. The minimum absolute atomic E-state index is 0.0143. The number of carbonyl (C=O) groups excluding carboxylic acids is 1. The molecule has 0 unspecified atom stereocenters. The molecule has 1 amide bonds. The molecule has 0 saturated carbocycles. The van der Waals surface area contributed by atoms with Crippen LogP contribution in [-0.2, 0) is 4.79 Å². The van der Waals surface area contributed by atoms with Crippen molar-refractivity contribution in [2.24, 2.45) is 0 Å². The third-order valence-corrected chi connectivity index (χ3v) is 3.54. The molecule has 2 aromatic rings. The van der Waals surface area contributed by atoms with Gasteiger partial charge in [0.15, 0.2) is 0 Å². The molecule has 0 saturated heterocycles. The zero-order valence-corrected chi connectivity index (χ0v) is 14.0. The van der Waals surface area contributed by atoms with Gasteiger partial charge in [0.2, 0.25) is 5.91 Å². The number of carbonyl (C=O) groups is 1. The predicted molar refractivity (Wildman–Crippen MR) is 95.9 cm³/mol. The fraction of sp³-hybridized carbons (Fsp3) is 0.278. The molecule has 0 atom stereocenters. The molecule has 0 aromatic heterocycles. The Balaban J connectivity index is 1.66. The second-order valence-electron chi connectivity index (χ2n) is 5.41. The van der Waals surface area contributed by atoms with Crippen molar-refractivity contribution in [2.75, 3.05) is 25.0 Å². The summed E-state index contributed by atoms with van der Waals surface area (Å²) in [6.45, 7) is 3.02. The lowest BCUT2D eigenvalue weighted by Crippen LogP contribution is -2.29. The second kappa shape index (κ2) is 9.27. The number of hydrogen-bond acceptors (Lipinski definition) is 5. The van der Waals surface area contributed by atoms with Crippen LogP contribution in [0.3, 0.4) is 0 Å². The Morgan fingerprint density at radius 3 is 2.60 bits per heavy atom. The minimum atomic E-state index is -0.441. The zero-order valence-electron chi connectivity index (χ0n) is 14.0. The molecule has 25 heavy (non-hydrogen) atoms. The topological polar surface area (TPSA) is 93.5 Å². The van der Waals surface area contributed by atoms with Crippen molar-refractivity contribution >= 4 is 17.3 Å². The number of para-hydroxylation sites is 3. The van der Waals surface area contributed by atoms with Crippen LogP contribution in [0.1, 0.15) is 12.0 Å². The SMILES string of the molecule is Cc1ccccc1OCCC(=O)NCCNc1ccccc1[N+](=O)[O-]. The summed E-state index contributed by atoms with van der Waals surface area (Å²) in [6.07, 6.45) is 0.250. The summed E-state index contributed by atoms with van der Waals surface area (Å²) in [4.78, 5) is 22.2. The smallest absolute Gasteiger partial charge is 0.292 e. The van der Waals surface area contributed by atoms with Gasteiger partial charge in [-0.25, -0.2) is 0 Å². The van der Waals surface area contributed by atoms with Crippen LogP contribution in [-0.4, -0.2) is 30.5 Å². The molecule has 0 spiro atoms. The number of nitro benzene ring substituents is 1. The van der Waals surface area contributed by atoms with Gasteiger partial charge in [-0.2, -0.15) is 0 Å². The third-order valence-electron chi connectivity index (χ3n) is 3.54. The highest BCUT2D eigenvalue weighted by Crippen LogP contribution is 2.22. The average molecular weight is 343 g/mol. The first-order chi connectivity index (χ1) is 12.1. The van der Waals surface area contributed by atoms with Crippen molar-refractivity contribution < 1.29 is 14.5 Å². The number of rotatable bonds is 9. The van der Waals surface area contributed by atoms with Gasteiger partial charge in [0, 0.05) is 19.2 Å². The van der Waals surface area contributed by atoms with Gasteiger partial charge in [0.25, 0.3) is 5.69 Å². The molecule has 0 fully saturated rings. The van der Waals surface area contributed by atoms with E-state index in [-0.39, 0.29) is 18.0 Å². The Hall–Kier alpha value is -3.09. The van der Waals surface area contributed by atoms with Crippen molar-refractivity contribution in [3.63, 3.8) is 0 Å². The molecule has 0 aliphatic carbocycles. The van der Waals surface area contributed by atoms with Crippen molar-refractivity contribution in [3.8, 4) is 5.75 Å². The van der Waals surface area contributed by atoms with E-state index >= 15 is 0 Å². The monoisotopic (exact) mass is 343 g/mol. The van der Waals surface area contributed by atoms with E-state index in [1.165, 1.54) is 6.07 Å². The summed E-state index contributed by atoms with van der Waals surface area (Å²) in [5, 5.41) is 16.6. The van der Waals surface area contributed by atoms with Crippen LogP contribution in [0.15, 0.2) is 48.5 Å². The number of aryl methyl sites for hydroxylation is 1. The molecule has 0 aliphatic heterocycles. The number of nitro groups is 1. The lowest BCUT2D eigenvalue weighted by Gasteiger charge is -2.10. The van der Waals surface area contributed by atoms with Gasteiger partial charge in [-0.1, -0.05) is 30.3 Å². The molecule has 0 aliphatic rings. The zero-order chi connectivity index (χ0) is 18.1. The van der Waals surface area contributed by atoms with Crippen molar-refractivity contribution in [1.29, 1.82) is 0 Å². The lowest BCUT2D eigenvalue weighted by atomic mass is 10.2. The van der Waals surface area contributed by atoms with Crippen molar-refractivity contribution in [1.82, 2.24) is 5.32 Å². The van der Waals surface area contributed by atoms with E-state index in [4.69, 9.17) is 4.74 Å². The number of hydrogen-bond donors (Lipinski definition) is 2. The first-order valence-corrected chi connectivity index (χ1v) is 8.00. The average Bonchev–Trinajstić information content (AvgIpc) is 2.60. The predicted octanol–water partition coefficient (Wildman–Crippen LogP) is 2.90. The molecule has 0 bridgehead atoms. The Labute approximate surface area is 146 Å². The van der Waals surface area contributed by atoms with Crippen LogP contribution in [0, 0.1) is 17.0 Å². The molecule has 7 heteroatoms. The number of benzene rings is 2. The second-order valence-corrected chi connectivity index (χ2v) is 5.41. The molecular formula is C18H21N3O4. The number of ether oxygens (including phenoxy) is 1. The molecule has 2 N–H and O–H groups in total. The van der Waals surface area contributed by atoms with Crippen LogP contribution >= 0.6 is 0 Å². The van der Waals surface area contributed by atoms with Crippen molar-refractivity contribution in [2.45, 2.75) is 13.3 Å². The standard InChI is InChI=1S/C18H21N3O4/c1-14-6-2-5-9-17(14)25-13-10-18(22)20-12-11-19-15-7-3-4-8-16(15)21(23)24/h2-9,19H,10-13H2,1H3,(H,20,22). The molecule has 2 rings (SSSR count). The normalized spacial score (nSPS) is 10.1. The Morgan fingerprint density at radius 2 is 1.84 bits per heavy atom. The summed E-state index contributed by atoms with van der Waals surface area (Å²) in [5.74, 6) is 0.645. The van der Waals surface area contributed by atoms with E-state index in [9.17, 15) is 14.9 Å². The fourth-order valence-corrected chi connectivity index (χ4v) is 2.24. The van der Waals surface area contributed by atoms with Crippen LogP contribution in [0.5, 0.6) is 5.75 Å². The van der Waals surface area contributed by atoms with Crippen LogP contribution in [0.4, 0.5) is 11.4 Å². The highest BCUT2D eigenvalue weighted by molar-refractivity contribution is 5.76. The largest absolute Gasteiger partial charge is 0.493 e. The maximum absolute atomic E-state index is 11.8. The van der Waals surface area contributed by atoms with Gasteiger partial charge < -0.3 is 15.4 Å². The fourth-order valence-electron chi connectivity index (χ4n) is 2.24. The minimum Gasteiger partial charge on any atom is -0.493 e. The summed E-state index contributed by atoms with van der Waals surface area (Å²) < 4.78 is 5.57. The molecular weight excluding hydrogens is 322 g/mol. The van der Waals surface area contributed by atoms with Gasteiger partial charge in [-0.3, -0.25) is 14.9 Å². The molecule has 0 radical (unpaired) electrons. The molecule has 2 aromatic carbocycles. The van der Waals surface area contributed by atoms with Crippen molar-refractivity contribution in [3.05, 3.63) is 64.2 Å². The van der Waals surface area contributed by atoms with Crippen LogP contribution in [0.25, 0.3) is 0 Å². The Bertz CT molecular complexity index is 734. The van der Waals surface area contributed by atoms with Gasteiger partial charge in [-0.05, 0) is 24.6 Å². The van der Waals surface area contributed by atoms with Gasteiger partial charge in [0.1, 0.15) is 11.4 Å². The van der Waals surface area contributed by atoms with E-state index < -0.39 is 4.92 Å². The summed E-state index contributed by atoms with van der Waals surface area (Å²) in [7, 11) is 0. The first kappa shape index (κ1) is 18.3. The van der Waals surface area contributed by atoms with Crippen LogP contribution < -0.4 is 15.4 Å². The molecule has 132 valence electrons. The molecule has 7 nitrogen and oxygen atoms in total. The number of nitrogens with zero attached hydrogens (tertiary/aromatic N) is 1. The van der Waals surface area contributed by atoms with Gasteiger partial charge in [0.05, 0.1) is 18.0 Å². The first-order valence-electron chi connectivity index (χ1n) is 8.00. The quantitative estimate of drug-likeness (QED) is 0.415. The number of anilines is 1. The summed E-state index contributed by atoms with van der Waals surface area (Å²) in [5.41, 5.74) is 1.47. The van der Waals surface area contributed by atoms with E-state index in [2.05, 4.69) is 10.6 Å². The Morgan fingerprint density at radius 1 is 1.12 bits per heavy atom. The maximum Gasteiger partial charge on any atom is 0.292 e. The Kier molecular flexibility index (Phi) is 6.76. The highest BCUT2D eigenvalue weighted by atomic mass is 16.6. The number of amides is 1. The van der Waals surface area contributed by atoms with E-state index in [1.807, 2.05) is 31.2 Å². The van der Waals surface area contributed by atoms with E-state index in [0.29, 0.717) is 25.4 Å².